The average Bonchev–Trinajstić information content (AvgIpc) is 2.25. The first-order chi connectivity index (χ1) is 7.75. The van der Waals surface area contributed by atoms with Gasteiger partial charge in [-0.25, -0.2) is 0 Å². The minimum atomic E-state index is 0.405. The molecule has 1 aliphatic carbocycles. The zero-order valence-corrected chi connectivity index (χ0v) is 11.2. The Balaban J connectivity index is 2.05. The highest BCUT2D eigenvalue weighted by atomic mass is 79.9. The fourth-order valence-corrected chi connectivity index (χ4v) is 3.37. The first-order valence-electron chi connectivity index (χ1n) is 6.06. The second kappa shape index (κ2) is 3.66. The van der Waals surface area contributed by atoms with E-state index in [4.69, 9.17) is 0 Å². The molecule has 0 aromatic heterocycles. The lowest BCUT2D eigenvalue weighted by atomic mass is 9.73. The molecular formula is C13H17BrN2. The van der Waals surface area contributed by atoms with Crippen LogP contribution >= 0.6 is 15.9 Å². The van der Waals surface area contributed by atoms with Gasteiger partial charge in [0.05, 0.1) is 16.9 Å². The van der Waals surface area contributed by atoms with E-state index in [0.717, 1.165) is 13.1 Å². The van der Waals surface area contributed by atoms with Crippen molar-refractivity contribution in [3.8, 4) is 0 Å². The van der Waals surface area contributed by atoms with E-state index in [0.29, 0.717) is 5.54 Å². The van der Waals surface area contributed by atoms with Crippen LogP contribution in [0.1, 0.15) is 26.2 Å². The minimum Gasteiger partial charge on any atom is -0.381 e. The number of anilines is 2. The normalized spacial score (nSPS) is 21.2. The number of hydrogen-bond acceptors (Lipinski definition) is 2. The first kappa shape index (κ1) is 10.5. The molecule has 1 aromatic rings. The minimum absolute atomic E-state index is 0.405. The van der Waals surface area contributed by atoms with Gasteiger partial charge in [0, 0.05) is 17.6 Å². The number of likely N-dealkylation sites (N-methyl/N-ethyl adjacent to an activating group) is 1. The maximum atomic E-state index is 3.58. The molecule has 0 unspecified atom stereocenters. The van der Waals surface area contributed by atoms with E-state index in [1.54, 1.807) is 0 Å². The van der Waals surface area contributed by atoms with Gasteiger partial charge in [-0.15, -0.1) is 0 Å². The molecule has 3 heteroatoms. The SMILES string of the molecule is CCN1c2cc(Br)ccc2NCC12CCC2. The summed E-state index contributed by atoms with van der Waals surface area (Å²) >= 11 is 3.57. The van der Waals surface area contributed by atoms with Gasteiger partial charge in [0.15, 0.2) is 0 Å². The first-order valence-corrected chi connectivity index (χ1v) is 6.85. The molecule has 0 saturated heterocycles. The van der Waals surface area contributed by atoms with Crippen LogP contribution in [0.5, 0.6) is 0 Å². The van der Waals surface area contributed by atoms with Crippen molar-refractivity contribution in [2.45, 2.75) is 31.7 Å². The summed E-state index contributed by atoms with van der Waals surface area (Å²) in [5, 5.41) is 3.58. The fraction of sp³-hybridized carbons (Fsp3) is 0.538. The highest BCUT2D eigenvalue weighted by molar-refractivity contribution is 9.10. The summed E-state index contributed by atoms with van der Waals surface area (Å²) in [4.78, 5) is 2.59. The molecule has 0 bridgehead atoms. The molecule has 0 amide bonds. The van der Waals surface area contributed by atoms with E-state index in [1.807, 2.05) is 0 Å². The molecular weight excluding hydrogens is 264 g/mol. The summed E-state index contributed by atoms with van der Waals surface area (Å²) in [6, 6.07) is 6.52. The molecule has 1 saturated carbocycles. The van der Waals surface area contributed by atoms with Crippen LogP contribution in [0.2, 0.25) is 0 Å². The third-order valence-electron chi connectivity index (χ3n) is 4.03. The maximum Gasteiger partial charge on any atom is 0.0618 e. The van der Waals surface area contributed by atoms with Crippen molar-refractivity contribution >= 4 is 27.3 Å². The van der Waals surface area contributed by atoms with E-state index < -0.39 is 0 Å². The standard InChI is InChI=1S/C13H17BrN2/c1-2-16-12-8-10(14)4-5-11(12)15-9-13(16)6-3-7-13/h4-5,8,15H,2-3,6-7,9H2,1H3. The lowest BCUT2D eigenvalue weighted by molar-refractivity contribution is 0.240. The van der Waals surface area contributed by atoms with Gasteiger partial charge < -0.3 is 10.2 Å². The van der Waals surface area contributed by atoms with Crippen molar-refractivity contribution in [2.24, 2.45) is 0 Å². The Morgan fingerprint density at radius 2 is 2.25 bits per heavy atom. The van der Waals surface area contributed by atoms with Crippen molar-refractivity contribution in [2.75, 3.05) is 23.3 Å². The Kier molecular flexibility index (Phi) is 2.39. The number of hydrogen-bond donors (Lipinski definition) is 1. The quantitative estimate of drug-likeness (QED) is 0.845. The monoisotopic (exact) mass is 280 g/mol. The summed E-state index contributed by atoms with van der Waals surface area (Å²) in [7, 11) is 0. The van der Waals surface area contributed by atoms with Crippen LogP contribution in [-0.4, -0.2) is 18.6 Å². The molecule has 1 fully saturated rings. The molecule has 1 spiro atoms. The molecule has 86 valence electrons. The highest BCUT2D eigenvalue weighted by Crippen LogP contribution is 2.46. The molecule has 0 radical (unpaired) electrons. The van der Waals surface area contributed by atoms with E-state index in [9.17, 15) is 0 Å². The number of rotatable bonds is 1. The Morgan fingerprint density at radius 1 is 1.44 bits per heavy atom. The largest absolute Gasteiger partial charge is 0.381 e. The molecule has 2 aliphatic rings. The van der Waals surface area contributed by atoms with Gasteiger partial charge in [0.1, 0.15) is 0 Å². The van der Waals surface area contributed by atoms with Crippen LogP contribution in [-0.2, 0) is 0 Å². The lowest BCUT2D eigenvalue weighted by Crippen LogP contribution is -2.60. The van der Waals surface area contributed by atoms with Crippen molar-refractivity contribution < 1.29 is 0 Å². The second-order valence-electron chi connectivity index (χ2n) is 4.84. The molecule has 0 atom stereocenters. The number of fused-ring (bicyclic) bond motifs is 1. The van der Waals surface area contributed by atoms with Gasteiger partial charge in [-0.05, 0) is 44.4 Å². The summed E-state index contributed by atoms with van der Waals surface area (Å²) in [6.07, 6.45) is 4.04. The van der Waals surface area contributed by atoms with E-state index >= 15 is 0 Å². The van der Waals surface area contributed by atoms with Gasteiger partial charge in [-0.3, -0.25) is 0 Å². The van der Waals surface area contributed by atoms with Crippen LogP contribution in [0.3, 0.4) is 0 Å². The van der Waals surface area contributed by atoms with Crippen LogP contribution in [0.25, 0.3) is 0 Å². The van der Waals surface area contributed by atoms with Gasteiger partial charge in [0.2, 0.25) is 0 Å². The second-order valence-corrected chi connectivity index (χ2v) is 5.75. The van der Waals surface area contributed by atoms with Gasteiger partial charge in [-0.1, -0.05) is 15.9 Å². The Morgan fingerprint density at radius 3 is 2.88 bits per heavy atom. The third kappa shape index (κ3) is 1.37. The molecule has 1 heterocycles. The van der Waals surface area contributed by atoms with E-state index in [1.165, 1.54) is 35.1 Å². The molecule has 1 aromatic carbocycles. The molecule has 1 aliphatic heterocycles. The molecule has 3 rings (SSSR count). The van der Waals surface area contributed by atoms with Crippen molar-refractivity contribution in [3.63, 3.8) is 0 Å². The molecule has 1 N–H and O–H groups in total. The zero-order chi connectivity index (χ0) is 11.2. The summed E-state index contributed by atoms with van der Waals surface area (Å²) < 4.78 is 1.17. The maximum absolute atomic E-state index is 3.58. The Bertz CT molecular complexity index is 412. The lowest BCUT2D eigenvalue weighted by Gasteiger charge is -2.54. The smallest absolute Gasteiger partial charge is 0.0618 e. The van der Waals surface area contributed by atoms with Crippen molar-refractivity contribution in [3.05, 3.63) is 22.7 Å². The highest BCUT2D eigenvalue weighted by Gasteiger charge is 2.44. The van der Waals surface area contributed by atoms with E-state index in [-0.39, 0.29) is 0 Å². The number of nitrogens with one attached hydrogen (secondary N) is 1. The van der Waals surface area contributed by atoms with Crippen LogP contribution in [0.15, 0.2) is 22.7 Å². The van der Waals surface area contributed by atoms with Gasteiger partial charge in [0.25, 0.3) is 0 Å². The van der Waals surface area contributed by atoms with Crippen LogP contribution in [0, 0.1) is 0 Å². The summed E-state index contributed by atoms with van der Waals surface area (Å²) in [6.45, 7) is 4.47. The van der Waals surface area contributed by atoms with Crippen molar-refractivity contribution in [1.82, 2.24) is 0 Å². The predicted molar refractivity (Wildman–Crippen MR) is 72.2 cm³/mol. The number of halogens is 1. The third-order valence-corrected chi connectivity index (χ3v) is 4.52. The van der Waals surface area contributed by atoms with Crippen molar-refractivity contribution in [1.29, 1.82) is 0 Å². The Hall–Kier alpha value is -0.700. The Labute approximate surface area is 105 Å². The average molecular weight is 281 g/mol. The molecule has 16 heavy (non-hydrogen) atoms. The number of benzene rings is 1. The van der Waals surface area contributed by atoms with Crippen LogP contribution < -0.4 is 10.2 Å². The fourth-order valence-electron chi connectivity index (χ4n) is 3.03. The zero-order valence-electron chi connectivity index (χ0n) is 9.59. The summed E-state index contributed by atoms with van der Waals surface area (Å²) in [5.74, 6) is 0. The van der Waals surface area contributed by atoms with Gasteiger partial charge >= 0.3 is 0 Å². The van der Waals surface area contributed by atoms with Crippen LogP contribution in [0.4, 0.5) is 11.4 Å². The van der Waals surface area contributed by atoms with Gasteiger partial charge in [-0.2, -0.15) is 0 Å². The van der Waals surface area contributed by atoms with E-state index in [2.05, 4.69) is 51.3 Å². The predicted octanol–water partition coefficient (Wildman–Crippen LogP) is 3.62. The topological polar surface area (TPSA) is 15.3 Å². The molecule has 2 nitrogen and oxygen atoms in total. The summed E-state index contributed by atoms with van der Waals surface area (Å²) in [5.41, 5.74) is 3.05. The number of nitrogens with zero attached hydrogens (tertiary/aromatic N) is 1.